The van der Waals surface area contributed by atoms with E-state index in [4.69, 9.17) is 0 Å². The number of anilines is 3. The second kappa shape index (κ2) is 5.88. The van der Waals surface area contributed by atoms with Crippen LogP contribution in [0.1, 0.15) is 12.8 Å². The van der Waals surface area contributed by atoms with E-state index in [2.05, 4.69) is 32.3 Å². The van der Waals surface area contributed by atoms with E-state index < -0.39 is 0 Å². The molecule has 1 aromatic heterocycles. The van der Waals surface area contributed by atoms with Gasteiger partial charge in [0, 0.05) is 36.9 Å². The van der Waals surface area contributed by atoms with Gasteiger partial charge in [-0.2, -0.15) is 0 Å². The average Bonchev–Trinajstić information content (AvgIpc) is 2.50. The van der Waals surface area contributed by atoms with Crippen molar-refractivity contribution in [3.8, 4) is 0 Å². The van der Waals surface area contributed by atoms with E-state index in [1.165, 1.54) is 5.69 Å². The average molecular weight is 270 g/mol. The molecule has 0 atom stereocenters. The van der Waals surface area contributed by atoms with Crippen LogP contribution < -0.4 is 10.2 Å². The summed E-state index contributed by atoms with van der Waals surface area (Å²) in [5.74, 6) is 0.598. The Morgan fingerprint density at radius 1 is 1.05 bits per heavy atom. The molecule has 0 saturated carbocycles. The molecule has 3 rings (SSSR count). The zero-order valence-corrected chi connectivity index (χ0v) is 11.2. The lowest BCUT2D eigenvalue weighted by Gasteiger charge is -2.31. The fourth-order valence-electron chi connectivity index (χ4n) is 2.37. The number of aliphatic hydroxyl groups is 1. The molecule has 20 heavy (non-hydrogen) atoms. The highest BCUT2D eigenvalue weighted by Gasteiger charge is 2.16. The fourth-order valence-corrected chi connectivity index (χ4v) is 2.37. The van der Waals surface area contributed by atoms with Gasteiger partial charge in [0.25, 0.3) is 0 Å². The standard InChI is InChI=1S/C15H18N4O/c20-14-6-10-19(11-7-14)13-4-2-12(3-5-13)18-15-16-8-1-9-17-15/h1-5,8-9,14,20H,6-7,10-11H2,(H,16,17,18). The van der Waals surface area contributed by atoms with Crippen LogP contribution in [-0.2, 0) is 0 Å². The molecule has 0 amide bonds. The van der Waals surface area contributed by atoms with E-state index in [0.29, 0.717) is 5.95 Å². The molecule has 1 saturated heterocycles. The third-order valence-corrected chi connectivity index (χ3v) is 3.52. The number of aliphatic hydroxyl groups excluding tert-OH is 1. The first kappa shape index (κ1) is 12.9. The molecule has 1 aliphatic heterocycles. The Bertz CT molecular complexity index is 536. The van der Waals surface area contributed by atoms with Crippen molar-refractivity contribution in [3.63, 3.8) is 0 Å². The largest absolute Gasteiger partial charge is 0.393 e. The van der Waals surface area contributed by atoms with E-state index in [9.17, 15) is 5.11 Å². The highest BCUT2D eigenvalue weighted by Crippen LogP contribution is 2.22. The summed E-state index contributed by atoms with van der Waals surface area (Å²) >= 11 is 0. The summed E-state index contributed by atoms with van der Waals surface area (Å²) in [5, 5.41) is 12.7. The Kier molecular flexibility index (Phi) is 3.78. The van der Waals surface area contributed by atoms with Crippen molar-refractivity contribution in [2.75, 3.05) is 23.3 Å². The van der Waals surface area contributed by atoms with E-state index in [0.717, 1.165) is 31.6 Å². The maximum atomic E-state index is 9.53. The van der Waals surface area contributed by atoms with Gasteiger partial charge in [0.1, 0.15) is 0 Å². The van der Waals surface area contributed by atoms with Crippen LogP contribution in [0.25, 0.3) is 0 Å². The van der Waals surface area contributed by atoms with Crippen molar-refractivity contribution in [1.29, 1.82) is 0 Å². The van der Waals surface area contributed by atoms with Gasteiger partial charge >= 0.3 is 0 Å². The number of nitrogens with zero attached hydrogens (tertiary/aromatic N) is 3. The zero-order chi connectivity index (χ0) is 13.8. The molecule has 0 aliphatic carbocycles. The minimum atomic E-state index is -0.137. The van der Waals surface area contributed by atoms with Gasteiger partial charge in [-0.05, 0) is 43.2 Å². The lowest BCUT2D eigenvalue weighted by atomic mass is 10.1. The van der Waals surface area contributed by atoms with Gasteiger partial charge in [-0.3, -0.25) is 0 Å². The van der Waals surface area contributed by atoms with Gasteiger partial charge in [0.2, 0.25) is 5.95 Å². The maximum Gasteiger partial charge on any atom is 0.227 e. The summed E-state index contributed by atoms with van der Waals surface area (Å²) in [5.41, 5.74) is 2.16. The molecule has 0 bridgehead atoms. The predicted molar refractivity (Wildman–Crippen MR) is 79.2 cm³/mol. The molecule has 2 aromatic rings. The van der Waals surface area contributed by atoms with Crippen LogP contribution in [0.4, 0.5) is 17.3 Å². The molecule has 0 spiro atoms. The molecule has 104 valence electrons. The summed E-state index contributed by atoms with van der Waals surface area (Å²) in [6, 6.07) is 10.0. The summed E-state index contributed by atoms with van der Waals surface area (Å²) in [4.78, 5) is 10.6. The lowest BCUT2D eigenvalue weighted by molar-refractivity contribution is 0.145. The Labute approximate surface area is 118 Å². The molecule has 1 fully saturated rings. The van der Waals surface area contributed by atoms with Crippen LogP contribution in [0.2, 0.25) is 0 Å². The van der Waals surface area contributed by atoms with E-state index in [-0.39, 0.29) is 6.10 Å². The summed E-state index contributed by atoms with van der Waals surface area (Å²) < 4.78 is 0. The van der Waals surface area contributed by atoms with Crippen molar-refractivity contribution >= 4 is 17.3 Å². The Balaban J connectivity index is 1.65. The normalized spacial score (nSPS) is 16.1. The van der Waals surface area contributed by atoms with E-state index in [1.54, 1.807) is 18.5 Å². The second-order valence-electron chi connectivity index (χ2n) is 4.96. The predicted octanol–water partition coefficient (Wildman–Crippen LogP) is 2.18. The molecule has 0 radical (unpaired) electrons. The molecule has 2 heterocycles. The first-order valence-corrected chi connectivity index (χ1v) is 6.88. The molecule has 2 N–H and O–H groups in total. The number of nitrogens with one attached hydrogen (secondary N) is 1. The topological polar surface area (TPSA) is 61.3 Å². The molecule has 1 aromatic carbocycles. The van der Waals surface area contributed by atoms with Crippen LogP contribution in [0.5, 0.6) is 0 Å². The molecule has 0 unspecified atom stereocenters. The smallest absolute Gasteiger partial charge is 0.227 e. The maximum absolute atomic E-state index is 9.53. The van der Waals surface area contributed by atoms with Gasteiger partial charge in [0.05, 0.1) is 6.10 Å². The molecule has 1 aliphatic rings. The number of aromatic nitrogens is 2. The number of benzene rings is 1. The summed E-state index contributed by atoms with van der Waals surface area (Å²) in [6.07, 6.45) is 4.98. The van der Waals surface area contributed by atoms with Crippen molar-refractivity contribution in [2.24, 2.45) is 0 Å². The van der Waals surface area contributed by atoms with Gasteiger partial charge < -0.3 is 15.3 Å². The molecule has 5 heteroatoms. The lowest BCUT2D eigenvalue weighted by Crippen LogP contribution is -2.35. The monoisotopic (exact) mass is 270 g/mol. The van der Waals surface area contributed by atoms with Crippen molar-refractivity contribution in [3.05, 3.63) is 42.7 Å². The number of rotatable bonds is 3. The highest BCUT2D eigenvalue weighted by atomic mass is 16.3. The quantitative estimate of drug-likeness (QED) is 0.895. The van der Waals surface area contributed by atoms with Crippen LogP contribution in [0, 0.1) is 0 Å². The SMILES string of the molecule is OC1CCN(c2ccc(Nc3ncccn3)cc2)CC1. The van der Waals surface area contributed by atoms with E-state index in [1.807, 2.05) is 12.1 Å². The Morgan fingerprint density at radius 2 is 1.70 bits per heavy atom. The first-order valence-electron chi connectivity index (χ1n) is 6.88. The minimum absolute atomic E-state index is 0.137. The van der Waals surface area contributed by atoms with Crippen LogP contribution in [0.15, 0.2) is 42.7 Å². The molecular formula is C15H18N4O. The van der Waals surface area contributed by atoms with Gasteiger partial charge in [-0.1, -0.05) is 0 Å². The zero-order valence-electron chi connectivity index (χ0n) is 11.2. The van der Waals surface area contributed by atoms with Crippen LogP contribution in [-0.4, -0.2) is 34.3 Å². The molecule has 5 nitrogen and oxygen atoms in total. The summed E-state index contributed by atoms with van der Waals surface area (Å²) in [7, 11) is 0. The van der Waals surface area contributed by atoms with Gasteiger partial charge in [-0.25, -0.2) is 9.97 Å². The number of hydrogen-bond donors (Lipinski definition) is 2. The van der Waals surface area contributed by atoms with Gasteiger partial charge in [0.15, 0.2) is 0 Å². The summed E-state index contributed by atoms with van der Waals surface area (Å²) in [6.45, 7) is 1.82. The molecular weight excluding hydrogens is 252 g/mol. The van der Waals surface area contributed by atoms with E-state index >= 15 is 0 Å². The van der Waals surface area contributed by atoms with Crippen LogP contribution >= 0.6 is 0 Å². The fraction of sp³-hybridized carbons (Fsp3) is 0.333. The van der Waals surface area contributed by atoms with Crippen molar-refractivity contribution < 1.29 is 5.11 Å². The number of piperidine rings is 1. The third-order valence-electron chi connectivity index (χ3n) is 3.52. The van der Waals surface area contributed by atoms with Crippen LogP contribution in [0.3, 0.4) is 0 Å². The van der Waals surface area contributed by atoms with Gasteiger partial charge in [-0.15, -0.1) is 0 Å². The first-order chi connectivity index (χ1) is 9.81. The number of hydrogen-bond acceptors (Lipinski definition) is 5. The van der Waals surface area contributed by atoms with Crippen molar-refractivity contribution in [1.82, 2.24) is 9.97 Å². The van der Waals surface area contributed by atoms with Crippen molar-refractivity contribution in [2.45, 2.75) is 18.9 Å². The second-order valence-corrected chi connectivity index (χ2v) is 4.96. The third kappa shape index (κ3) is 3.05. The minimum Gasteiger partial charge on any atom is -0.393 e. The Hall–Kier alpha value is -2.14. The Morgan fingerprint density at radius 3 is 2.35 bits per heavy atom. The highest BCUT2D eigenvalue weighted by molar-refractivity contribution is 5.59.